The van der Waals surface area contributed by atoms with Crippen molar-refractivity contribution in [2.24, 2.45) is 0 Å². The molecule has 1 aromatic heterocycles. The highest BCUT2D eigenvalue weighted by atomic mass is 19.4. The van der Waals surface area contributed by atoms with E-state index >= 15 is 0 Å². The van der Waals surface area contributed by atoms with Crippen molar-refractivity contribution in [2.45, 2.75) is 38.9 Å². The highest BCUT2D eigenvalue weighted by Crippen LogP contribution is 2.30. The molecular formula is C18H20F3N3O. The Bertz CT molecular complexity index is 797. The predicted octanol–water partition coefficient (Wildman–Crippen LogP) is 3.61. The predicted molar refractivity (Wildman–Crippen MR) is 89.2 cm³/mol. The molecule has 1 aliphatic rings. The first-order valence-electron chi connectivity index (χ1n) is 8.40. The van der Waals surface area contributed by atoms with Crippen LogP contribution in [0.3, 0.4) is 0 Å². The Labute approximate surface area is 143 Å². The molecule has 1 N–H and O–H groups in total. The molecule has 2 aromatic rings. The molecule has 0 fully saturated rings. The molecule has 0 saturated heterocycles. The molecule has 2 heterocycles. The minimum absolute atomic E-state index is 0.199. The normalized spacial score (nSPS) is 15.2. The largest absolute Gasteiger partial charge is 0.416 e. The number of halogens is 3. The lowest BCUT2D eigenvalue weighted by molar-refractivity contribution is -0.137. The van der Waals surface area contributed by atoms with Gasteiger partial charge in [-0.05, 0) is 31.5 Å². The summed E-state index contributed by atoms with van der Waals surface area (Å²) >= 11 is 0. The monoisotopic (exact) mass is 351 g/mol. The number of nitrogens with one attached hydrogen (secondary N) is 1. The molecule has 0 radical (unpaired) electrons. The lowest BCUT2D eigenvalue weighted by atomic mass is 10.1. The maximum atomic E-state index is 12.7. The van der Waals surface area contributed by atoms with Gasteiger partial charge in [0.1, 0.15) is 5.82 Å². The lowest BCUT2D eigenvalue weighted by Crippen LogP contribution is -2.35. The molecule has 0 bridgehead atoms. The minimum atomic E-state index is -4.38. The zero-order valence-electron chi connectivity index (χ0n) is 14.0. The quantitative estimate of drug-likeness (QED) is 0.915. The van der Waals surface area contributed by atoms with Gasteiger partial charge in [-0.3, -0.25) is 9.69 Å². The van der Waals surface area contributed by atoms with Crippen molar-refractivity contribution in [3.05, 3.63) is 51.4 Å². The topological polar surface area (TPSA) is 49.0 Å². The Hall–Kier alpha value is -2.15. The highest BCUT2D eigenvalue weighted by Gasteiger charge is 2.30. The number of nitrogens with zero attached hydrogens (tertiary/aromatic N) is 2. The maximum absolute atomic E-state index is 12.7. The van der Waals surface area contributed by atoms with Gasteiger partial charge in [0.25, 0.3) is 5.56 Å². The number of unbranched alkanes of at least 4 members (excludes halogenated alkanes) is 1. The van der Waals surface area contributed by atoms with Gasteiger partial charge in [-0.25, -0.2) is 4.98 Å². The Morgan fingerprint density at radius 2 is 1.96 bits per heavy atom. The molecule has 1 aliphatic heterocycles. The summed E-state index contributed by atoms with van der Waals surface area (Å²) in [6.07, 6.45) is -1.54. The summed E-state index contributed by atoms with van der Waals surface area (Å²) in [5.41, 5.74) is 0.959. The van der Waals surface area contributed by atoms with Crippen LogP contribution >= 0.6 is 0 Å². The third-order valence-electron chi connectivity index (χ3n) is 4.47. The second kappa shape index (κ2) is 7.00. The summed E-state index contributed by atoms with van der Waals surface area (Å²) < 4.78 is 38.0. The van der Waals surface area contributed by atoms with Crippen LogP contribution in [-0.2, 0) is 19.1 Å². The molecule has 0 spiro atoms. The van der Waals surface area contributed by atoms with Crippen LogP contribution < -0.4 is 5.56 Å². The smallest absolute Gasteiger partial charge is 0.306 e. The highest BCUT2D eigenvalue weighted by molar-refractivity contribution is 5.56. The van der Waals surface area contributed by atoms with Crippen molar-refractivity contribution < 1.29 is 13.2 Å². The second-order valence-corrected chi connectivity index (χ2v) is 6.29. The average Bonchev–Trinajstić information content (AvgIpc) is 2.59. The van der Waals surface area contributed by atoms with E-state index in [0.29, 0.717) is 29.9 Å². The molecule has 7 heteroatoms. The first-order valence-corrected chi connectivity index (χ1v) is 8.40. The number of fused-ring (bicyclic) bond motifs is 1. The minimum Gasteiger partial charge on any atom is -0.306 e. The average molecular weight is 351 g/mol. The van der Waals surface area contributed by atoms with Crippen molar-refractivity contribution in [3.63, 3.8) is 0 Å². The van der Waals surface area contributed by atoms with Gasteiger partial charge >= 0.3 is 6.18 Å². The fraction of sp³-hybridized carbons (Fsp3) is 0.444. The molecule has 0 atom stereocenters. The third kappa shape index (κ3) is 3.92. The number of hydrogen-bond acceptors (Lipinski definition) is 3. The number of aromatic nitrogens is 2. The van der Waals surface area contributed by atoms with Gasteiger partial charge in [-0.2, -0.15) is 13.2 Å². The van der Waals surface area contributed by atoms with Gasteiger partial charge in [-0.1, -0.05) is 25.5 Å². The van der Waals surface area contributed by atoms with E-state index < -0.39 is 11.7 Å². The molecule has 1 aromatic carbocycles. The summed E-state index contributed by atoms with van der Waals surface area (Å²) in [4.78, 5) is 21.8. The van der Waals surface area contributed by atoms with Gasteiger partial charge in [0.15, 0.2) is 0 Å². The van der Waals surface area contributed by atoms with Crippen molar-refractivity contribution in [3.8, 4) is 11.4 Å². The van der Waals surface area contributed by atoms with Crippen LogP contribution in [0.25, 0.3) is 11.4 Å². The molecule has 0 unspecified atom stereocenters. The fourth-order valence-electron chi connectivity index (χ4n) is 3.02. The second-order valence-electron chi connectivity index (χ2n) is 6.29. The van der Waals surface area contributed by atoms with Crippen LogP contribution in [0, 0.1) is 0 Å². The molecule has 3 rings (SSSR count). The molecule has 25 heavy (non-hydrogen) atoms. The summed E-state index contributed by atoms with van der Waals surface area (Å²) in [5, 5.41) is 0. The number of aromatic amines is 1. The Kier molecular flexibility index (Phi) is 4.94. The standard InChI is InChI=1S/C18H20F3N3O/c1-2-3-9-24-10-8-14-15(11-24)22-16(23-17(14)25)12-4-6-13(7-5-12)18(19,20)21/h4-7H,2-3,8-11H2,1H3,(H,22,23,25). The van der Waals surface area contributed by atoms with Gasteiger partial charge in [0.05, 0.1) is 11.3 Å². The van der Waals surface area contributed by atoms with Crippen LogP contribution in [0.15, 0.2) is 29.1 Å². The van der Waals surface area contributed by atoms with E-state index in [-0.39, 0.29) is 5.56 Å². The van der Waals surface area contributed by atoms with E-state index in [1.54, 1.807) is 0 Å². The molecular weight excluding hydrogens is 331 g/mol. The first-order chi connectivity index (χ1) is 11.9. The van der Waals surface area contributed by atoms with Crippen LogP contribution in [-0.4, -0.2) is 28.0 Å². The Balaban J connectivity index is 1.89. The summed E-state index contributed by atoms with van der Waals surface area (Å²) in [5.74, 6) is 0.315. The van der Waals surface area contributed by atoms with Gasteiger partial charge in [-0.15, -0.1) is 0 Å². The Morgan fingerprint density at radius 3 is 2.60 bits per heavy atom. The summed E-state index contributed by atoms with van der Waals surface area (Å²) in [7, 11) is 0. The number of hydrogen-bond donors (Lipinski definition) is 1. The lowest BCUT2D eigenvalue weighted by Gasteiger charge is -2.27. The van der Waals surface area contributed by atoms with Crippen molar-refractivity contribution in [1.29, 1.82) is 0 Å². The van der Waals surface area contributed by atoms with E-state index in [2.05, 4.69) is 21.8 Å². The third-order valence-corrected chi connectivity index (χ3v) is 4.47. The van der Waals surface area contributed by atoms with Crippen LogP contribution in [0.1, 0.15) is 36.6 Å². The molecule has 134 valence electrons. The van der Waals surface area contributed by atoms with Gasteiger partial charge in [0.2, 0.25) is 0 Å². The fourth-order valence-corrected chi connectivity index (χ4v) is 3.02. The van der Waals surface area contributed by atoms with E-state index in [9.17, 15) is 18.0 Å². The number of rotatable bonds is 4. The van der Waals surface area contributed by atoms with E-state index in [1.165, 1.54) is 12.1 Å². The van der Waals surface area contributed by atoms with Crippen molar-refractivity contribution >= 4 is 0 Å². The zero-order valence-corrected chi connectivity index (χ0v) is 14.0. The maximum Gasteiger partial charge on any atom is 0.416 e. The van der Waals surface area contributed by atoms with Gasteiger partial charge < -0.3 is 4.98 Å². The number of benzene rings is 1. The molecule has 0 amide bonds. The number of alkyl halides is 3. The SMILES string of the molecule is CCCCN1CCc2c(nc(-c3ccc(C(F)(F)F)cc3)[nH]c2=O)C1. The van der Waals surface area contributed by atoms with Crippen molar-refractivity contribution in [2.75, 3.05) is 13.1 Å². The number of H-pyrrole nitrogens is 1. The van der Waals surface area contributed by atoms with Crippen molar-refractivity contribution in [1.82, 2.24) is 14.9 Å². The Morgan fingerprint density at radius 1 is 1.24 bits per heavy atom. The van der Waals surface area contributed by atoms with E-state index in [1.807, 2.05) is 0 Å². The van der Waals surface area contributed by atoms with E-state index in [0.717, 1.165) is 43.8 Å². The summed E-state index contributed by atoms with van der Waals surface area (Å²) in [6.45, 7) is 4.52. The first kappa shape index (κ1) is 17.7. The summed E-state index contributed by atoms with van der Waals surface area (Å²) in [6, 6.07) is 4.68. The molecule has 0 aliphatic carbocycles. The molecule has 0 saturated carbocycles. The zero-order chi connectivity index (χ0) is 18.0. The molecule has 4 nitrogen and oxygen atoms in total. The van der Waals surface area contributed by atoms with Crippen LogP contribution in [0.2, 0.25) is 0 Å². The van der Waals surface area contributed by atoms with E-state index in [4.69, 9.17) is 0 Å². The van der Waals surface area contributed by atoms with Crippen LogP contribution in [0.4, 0.5) is 13.2 Å². The van der Waals surface area contributed by atoms with Crippen LogP contribution in [0.5, 0.6) is 0 Å². The van der Waals surface area contributed by atoms with Gasteiger partial charge in [0, 0.05) is 24.2 Å².